The zero-order valence-corrected chi connectivity index (χ0v) is 18.8. The topological polar surface area (TPSA) is 61.8 Å². The van der Waals surface area contributed by atoms with Crippen molar-refractivity contribution in [2.75, 3.05) is 13.2 Å². The van der Waals surface area contributed by atoms with Gasteiger partial charge in [-0.05, 0) is 54.4 Å². The van der Waals surface area contributed by atoms with Crippen LogP contribution in [-0.2, 0) is 11.2 Å². The first-order valence-electron chi connectivity index (χ1n) is 10.0. The standard InChI is InChI=1S/C25H23BrO5/c1-2-15-29-23-13-10-20(26)17-22(23)25(28)31-21-11-8-19(9-12-21)24(27)30-16-14-18-6-4-3-5-7-18/h3-13,17H,2,14-16H2,1H3. The van der Waals surface area contributed by atoms with Gasteiger partial charge in [0.1, 0.15) is 17.1 Å². The molecule has 0 amide bonds. The van der Waals surface area contributed by atoms with Crippen molar-refractivity contribution in [2.45, 2.75) is 19.8 Å². The maximum atomic E-state index is 12.6. The summed E-state index contributed by atoms with van der Waals surface area (Å²) in [4.78, 5) is 24.9. The highest BCUT2D eigenvalue weighted by Crippen LogP contribution is 2.25. The Balaban J connectivity index is 1.58. The fraction of sp³-hybridized carbons (Fsp3) is 0.200. The molecule has 0 radical (unpaired) electrons. The normalized spacial score (nSPS) is 10.4. The maximum absolute atomic E-state index is 12.6. The second-order valence-electron chi connectivity index (χ2n) is 6.77. The summed E-state index contributed by atoms with van der Waals surface area (Å²) in [6, 6.07) is 21.3. The Labute approximate surface area is 190 Å². The number of carbonyl (C=O) groups excluding carboxylic acids is 2. The highest BCUT2D eigenvalue weighted by molar-refractivity contribution is 9.10. The Morgan fingerprint density at radius 3 is 2.32 bits per heavy atom. The summed E-state index contributed by atoms with van der Waals surface area (Å²) >= 11 is 3.36. The first kappa shape index (κ1) is 22.6. The monoisotopic (exact) mass is 482 g/mol. The van der Waals surface area contributed by atoms with E-state index in [1.807, 2.05) is 37.3 Å². The quantitative estimate of drug-likeness (QED) is 0.282. The van der Waals surface area contributed by atoms with E-state index in [-0.39, 0.29) is 0 Å². The molecule has 5 nitrogen and oxygen atoms in total. The number of rotatable bonds is 9. The van der Waals surface area contributed by atoms with Crippen LogP contribution >= 0.6 is 15.9 Å². The van der Waals surface area contributed by atoms with Gasteiger partial charge in [-0.25, -0.2) is 9.59 Å². The molecule has 0 saturated heterocycles. The highest BCUT2D eigenvalue weighted by Gasteiger charge is 2.16. The van der Waals surface area contributed by atoms with Gasteiger partial charge in [0, 0.05) is 10.9 Å². The lowest BCUT2D eigenvalue weighted by molar-refractivity contribution is 0.0509. The number of carbonyl (C=O) groups is 2. The minimum absolute atomic E-state index is 0.295. The summed E-state index contributed by atoms with van der Waals surface area (Å²) in [6.07, 6.45) is 1.48. The van der Waals surface area contributed by atoms with Crippen LogP contribution in [0.4, 0.5) is 0 Å². The summed E-state index contributed by atoms with van der Waals surface area (Å²) in [5, 5.41) is 0. The number of esters is 2. The molecule has 3 aromatic rings. The van der Waals surface area contributed by atoms with Gasteiger partial charge in [0.25, 0.3) is 0 Å². The van der Waals surface area contributed by atoms with Crippen LogP contribution in [0.3, 0.4) is 0 Å². The molecule has 0 spiro atoms. The van der Waals surface area contributed by atoms with Crippen LogP contribution in [-0.4, -0.2) is 25.2 Å². The van der Waals surface area contributed by atoms with Crippen molar-refractivity contribution in [2.24, 2.45) is 0 Å². The van der Waals surface area contributed by atoms with Gasteiger partial charge < -0.3 is 14.2 Å². The lowest BCUT2D eigenvalue weighted by Crippen LogP contribution is -2.12. The predicted octanol–water partition coefficient (Wildman–Crippen LogP) is 5.86. The van der Waals surface area contributed by atoms with Crippen LogP contribution in [0.5, 0.6) is 11.5 Å². The Morgan fingerprint density at radius 2 is 1.61 bits per heavy atom. The number of hydrogen-bond acceptors (Lipinski definition) is 5. The minimum Gasteiger partial charge on any atom is -0.493 e. The van der Waals surface area contributed by atoms with E-state index in [2.05, 4.69) is 15.9 Å². The molecular formula is C25H23BrO5. The van der Waals surface area contributed by atoms with Crippen LogP contribution in [0.2, 0.25) is 0 Å². The molecule has 160 valence electrons. The SMILES string of the molecule is CCCOc1ccc(Br)cc1C(=O)Oc1ccc(C(=O)OCCc2ccccc2)cc1. The van der Waals surface area contributed by atoms with Gasteiger partial charge in [-0.2, -0.15) is 0 Å². The molecule has 0 saturated carbocycles. The van der Waals surface area contributed by atoms with E-state index in [0.29, 0.717) is 42.3 Å². The van der Waals surface area contributed by atoms with Crippen LogP contribution in [0.1, 0.15) is 39.6 Å². The second-order valence-corrected chi connectivity index (χ2v) is 7.69. The van der Waals surface area contributed by atoms with Crippen LogP contribution in [0.25, 0.3) is 0 Å². The van der Waals surface area contributed by atoms with Gasteiger partial charge in [-0.3, -0.25) is 0 Å². The van der Waals surface area contributed by atoms with Gasteiger partial charge in [0.15, 0.2) is 0 Å². The van der Waals surface area contributed by atoms with Gasteiger partial charge >= 0.3 is 11.9 Å². The molecule has 0 aromatic heterocycles. The molecule has 3 rings (SSSR count). The molecule has 0 N–H and O–H groups in total. The lowest BCUT2D eigenvalue weighted by atomic mass is 10.2. The fourth-order valence-electron chi connectivity index (χ4n) is 2.81. The van der Waals surface area contributed by atoms with Gasteiger partial charge in [-0.1, -0.05) is 53.2 Å². The van der Waals surface area contributed by atoms with Crippen molar-refractivity contribution in [3.8, 4) is 11.5 Å². The van der Waals surface area contributed by atoms with E-state index in [0.717, 1.165) is 16.5 Å². The third-order valence-corrected chi connectivity index (χ3v) is 4.88. The Kier molecular flexibility index (Phi) is 8.24. The molecule has 0 bridgehead atoms. The third kappa shape index (κ3) is 6.69. The molecule has 3 aromatic carbocycles. The molecule has 0 aliphatic carbocycles. The fourth-order valence-corrected chi connectivity index (χ4v) is 3.17. The van der Waals surface area contributed by atoms with Crippen molar-refractivity contribution < 1.29 is 23.8 Å². The molecule has 6 heteroatoms. The van der Waals surface area contributed by atoms with E-state index < -0.39 is 11.9 Å². The molecule has 0 aliphatic rings. The summed E-state index contributed by atoms with van der Waals surface area (Å²) < 4.78 is 17.2. The van der Waals surface area contributed by atoms with Crippen molar-refractivity contribution >= 4 is 27.9 Å². The zero-order chi connectivity index (χ0) is 22.1. The summed E-state index contributed by atoms with van der Waals surface area (Å²) in [5.74, 6) is -0.164. The molecule has 0 fully saturated rings. The number of ether oxygens (including phenoxy) is 3. The summed E-state index contributed by atoms with van der Waals surface area (Å²) in [6.45, 7) is 2.79. The van der Waals surface area contributed by atoms with Crippen molar-refractivity contribution in [3.63, 3.8) is 0 Å². The number of hydrogen-bond donors (Lipinski definition) is 0. The molecule has 0 aliphatic heterocycles. The van der Waals surface area contributed by atoms with E-state index in [1.165, 1.54) is 0 Å². The smallest absolute Gasteiger partial charge is 0.347 e. The summed E-state index contributed by atoms with van der Waals surface area (Å²) in [7, 11) is 0. The van der Waals surface area contributed by atoms with Crippen molar-refractivity contribution in [3.05, 3.63) is 94.0 Å². The first-order chi connectivity index (χ1) is 15.1. The number of halogens is 1. The highest BCUT2D eigenvalue weighted by atomic mass is 79.9. The zero-order valence-electron chi connectivity index (χ0n) is 17.2. The Bertz CT molecular complexity index is 1020. The van der Waals surface area contributed by atoms with E-state index in [4.69, 9.17) is 14.2 Å². The summed E-state index contributed by atoms with van der Waals surface area (Å²) in [5.41, 5.74) is 1.82. The third-order valence-electron chi connectivity index (χ3n) is 4.39. The largest absolute Gasteiger partial charge is 0.493 e. The molecule has 31 heavy (non-hydrogen) atoms. The van der Waals surface area contributed by atoms with Crippen LogP contribution < -0.4 is 9.47 Å². The van der Waals surface area contributed by atoms with E-state index in [1.54, 1.807) is 42.5 Å². The first-order valence-corrected chi connectivity index (χ1v) is 10.8. The van der Waals surface area contributed by atoms with Gasteiger partial charge in [0.2, 0.25) is 0 Å². The average Bonchev–Trinajstić information content (AvgIpc) is 2.79. The molecule has 0 atom stereocenters. The van der Waals surface area contributed by atoms with E-state index >= 15 is 0 Å². The molecule has 0 heterocycles. The number of benzene rings is 3. The molecular weight excluding hydrogens is 460 g/mol. The average molecular weight is 483 g/mol. The van der Waals surface area contributed by atoms with Gasteiger partial charge in [0.05, 0.1) is 18.8 Å². The second kappa shape index (κ2) is 11.3. The predicted molar refractivity (Wildman–Crippen MR) is 122 cm³/mol. The van der Waals surface area contributed by atoms with Crippen molar-refractivity contribution in [1.82, 2.24) is 0 Å². The van der Waals surface area contributed by atoms with E-state index in [9.17, 15) is 9.59 Å². The molecule has 0 unspecified atom stereocenters. The lowest BCUT2D eigenvalue weighted by Gasteiger charge is -2.11. The van der Waals surface area contributed by atoms with Crippen LogP contribution in [0, 0.1) is 0 Å². The van der Waals surface area contributed by atoms with Gasteiger partial charge in [-0.15, -0.1) is 0 Å². The van der Waals surface area contributed by atoms with Crippen LogP contribution in [0.15, 0.2) is 77.3 Å². The maximum Gasteiger partial charge on any atom is 0.347 e. The minimum atomic E-state index is -0.536. The Hall–Kier alpha value is -3.12. The van der Waals surface area contributed by atoms with Crippen molar-refractivity contribution in [1.29, 1.82) is 0 Å². The Morgan fingerprint density at radius 1 is 0.871 bits per heavy atom.